The number of nitrogens with zero attached hydrogens (tertiary/aromatic N) is 1. The lowest BCUT2D eigenvalue weighted by Crippen LogP contribution is -2.36. The molecule has 0 aromatic carbocycles. The Labute approximate surface area is 79.6 Å². The van der Waals surface area contributed by atoms with E-state index in [2.05, 4.69) is 0 Å². The minimum Gasteiger partial charge on any atom is -0.480 e. The van der Waals surface area contributed by atoms with Gasteiger partial charge in [0.25, 0.3) is 0 Å². The predicted octanol–water partition coefficient (Wildman–Crippen LogP) is -2.18. The van der Waals surface area contributed by atoms with Crippen molar-refractivity contribution in [3.63, 3.8) is 0 Å². The van der Waals surface area contributed by atoms with Crippen molar-refractivity contribution in [2.75, 3.05) is 19.4 Å². The number of rotatable bonds is 6. The molecule has 0 saturated carbocycles. The summed E-state index contributed by atoms with van der Waals surface area (Å²) in [5, 5.41) is 25.3. The van der Waals surface area contributed by atoms with E-state index in [1.807, 2.05) is 0 Å². The van der Waals surface area contributed by atoms with E-state index >= 15 is 0 Å². The minimum absolute atomic E-state index is 0.530. The molecule has 0 rings (SSSR count). The second-order valence-electron chi connectivity index (χ2n) is 2.69. The van der Waals surface area contributed by atoms with Crippen molar-refractivity contribution >= 4 is 13.6 Å². The Balaban J connectivity index is 4.25. The maximum Gasteiger partial charge on any atom is 0.339 e. The highest BCUT2D eigenvalue weighted by atomic mass is 31.2. The van der Waals surface area contributed by atoms with Gasteiger partial charge in [0.05, 0.1) is 13.1 Å². The first-order valence-corrected chi connectivity index (χ1v) is 5.35. The van der Waals surface area contributed by atoms with Gasteiger partial charge in [-0.15, -0.1) is 0 Å². The van der Waals surface area contributed by atoms with Crippen molar-refractivity contribution in [2.45, 2.75) is 6.29 Å². The van der Waals surface area contributed by atoms with Crippen LogP contribution in [0.3, 0.4) is 0 Å². The zero-order valence-electron chi connectivity index (χ0n) is 7.15. The first-order chi connectivity index (χ1) is 6.20. The zero-order chi connectivity index (χ0) is 11.4. The van der Waals surface area contributed by atoms with Crippen molar-refractivity contribution < 1.29 is 34.5 Å². The van der Waals surface area contributed by atoms with E-state index in [-0.39, 0.29) is 0 Å². The van der Waals surface area contributed by atoms with E-state index in [1.165, 1.54) is 0 Å². The highest BCUT2D eigenvalue weighted by molar-refractivity contribution is 7.51. The molecular weight excluding hydrogens is 217 g/mol. The van der Waals surface area contributed by atoms with Crippen LogP contribution in [0.5, 0.6) is 0 Å². The quantitative estimate of drug-likeness (QED) is 0.256. The van der Waals surface area contributed by atoms with Gasteiger partial charge in [0.1, 0.15) is 6.29 Å². The highest BCUT2D eigenvalue weighted by Crippen LogP contribution is 2.34. The molecule has 0 aliphatic carbocycles. The van der Waals surface area contributed by atoms with Crippen LogP contribution >= 0.6 is 7.60 Å². The summed E-state index contributed by atoms with van der Waals surface area (Å²) in [4.78, 5) is 28.0. The average Bonchev–Trinajstić information content (AvgIpc) is 1.77. The summed E-state index contributed by atoms with van der Waals surface area (Å²) in [6.07, 6.45) is -2.66. The molecule has 14 heavy (non-hydrogen) atoms. The molecule has 0 amide bonds. The molecule has 0 aliphatic rings. The Morgan fingerprint density at radius 1 is 1.36 bits per heavy atom. The van der Waals surface area contributed by atoms with Crippen molar-refractivity contribution in [1.82, 2.24) is 4.90 Å². The summed E-state index contributed by atoms with van der Waals surface area (Å²) in [6, 6.07) is 0. The Morgan fingerprint density at radius 3 is 2.14 bits per heavy atom. The number of carboxylic acids is 1. The number of hydrogen-bond donors (Lipinski definition) is 5. The highest BCUT2D eigenvalue weighted by Gasteiger charge is 2.22. The summed E-state index contributed by atoms with van der Waals surface area (Å²) >= 11 is 0. The Kier molecular flexibility index (Phi) is 5.21. The van der Waals surface area contributed by atoms with E-state index < -0.39 is 39.2 Å². The van der Waals surface area contributed by atoms with Crippen LogP contribution < -0.4 is 0 Å². The van der Waals surface area contributed by atoms with Gasteiger partial charge in [-0.25, -0.2) is 0 Å². The molecule has 0 unspecified atom stereocenters. The van der Waals surface area contributed by atoms with Crippen molar-refractivity contribution in [3.05, 3.63) is 0 Å². The van der Waals surface area contributed by atoms with Crippen molar-refractivity contribution in [3.8, 4) is 0 Å². The fourth-order valence-electron chi connectivity index (χ4n) is 0.855. The molecule has 0 aromatic rings. The molecule has 0 heterocycles. The third kappa shape index (κ3) is 8.11. The largest absolute Gasteiger partial charge is 0.480 e. The number of hydrogen-bond acceptors (Lipinski definition) is 5. The molecule has 5 N–H and O–H groups in total. The van der Waals surface area contributed by atoms with Crippen LogP contribution in [-0.2, 0) is 9.36 Å². The third-order valence-corrected chi connectivity index (χ3v) is 1.93. The number of aliphatic hydroxyl groups excluding tert-OH is 1. The predicted molar refractivity (Wildman–Crippen MR) is 44.3 cm³/mol. The normalized spacial score (nSPS) is 12.4. The lowest BCUT2D eigenvalue weighted by molar-refractivity contribution is -0.139. The molecule has 0 aliphatic heterocycles. The van der Waals surface area contributed by atoms with Gasteiger partial charge in [0.2, 0.25) is 0 Å². The molecule has 0 aromatic heterocycles. The molecule has 0 fully saturated rings. The number of aliphatic carboxylic acids is 1. The van der Waals surface area contributed by atoms with Crippen LogP contribution in [0.25, 0.3) is 0 Å². The Morgan fingerprint density at radius 2 is 1.86 bits per heavy atom. The number of carboxylic acid groups (broad SMARTS) is 1. The van der Waals surface area contributed by atoms with Gasteiger partial charge in [0, 0.05) is 0 Å². The molecule has 8 nitrogen and oxygen atoms in total. The average molecular weight is 229 g/mol. The topological polar surface area (TPSA) is 139 Å². The van der Waals surface area contributed by atoms with E-state index in [0.717, 1.165) is 4.90 Å². The molecule has 0 bridgehead atoms. The summed E-state index contributed by atoms with van der Waals surface area (Å²) in [5.74, 6) is -1.31. The summed E-state index contributed by atoms with van der Waals surface area (Å²) in [5.41, 5.74) is 0. The van der Waals surface area contributed by atoms with Crippen molar-refractivity contribution in [2.24, 2.45) is 0 Å². The first-order valence-electron chi connectivity index (χ1n) is 3.55. The van der Waals surface area contributed by atoms with Gasteiger partial charge < -0.3 is 25.1 Å². The van der Waals surface area contributed by atoms with E-state index in [4.69, 9.17) is 25.1 Å². The lowest BCUT2D eigenvalue weighted by Gasteiger charge is -2.21. The maximum atomic E-state index is 10.5. The first kappa shape index (κ1) is 13.5. The van der Waals surface area contributed by atoms with E-state index in [9.17, 15) is 9.36 Å². The van der Waals surface area contributed by atoms with Gasteiger partial charge in [-0.1, -0.05) is 0 Å². The third-order valence-electron chi connectivity index (χ3n) is 1.16. The van der Waals surface area contributed by atoms with E-state index in [0.29, 0.717) is 0 Å². The van der Waals surface area contributed by atoms with Crippen LogP contribution in [0.15, 0.2) is 0 Å². The molecule has 9 heteroatoms. The zero-order valence-corrected chi connectivity index (χ0v) is 8.04. The second kappa shape index (κ2) is 5.40. The fourth-order valence-corrected chi connectivity index (χ4v) is 1.59. The van der Waals surface area contributed by atoms with Crippen molar-refractivity contribution in [1.29, 1.82) is 0 Å². The van der Waals surface area contributed by atoms with Gasteiger partial charge in [-0.2, -0.15) is 0 Å². The maximum absolute atomic E-state index is 10.5. The van der Waals surface area contributed by atoms with Crippen LogP contribution in [0.2, 0.25) is 0 Å². The Hall–Kier alpha value is -0.500. The monoisotopic (exact) mass is 229 g/mol. The molecule has 0 radical (unpaired) electrons. The van der Waals surface area contributed by atoms with E-state index in [1.54, 1.807) is 0 Å². The van der Waals surface area contributed by atoms with Gasteiger partial charge in [-0.3, -0.25) is 14.3 Å². The molecule has 84 valence electrons. The molecule has 0 saturated heterocycles. The smallest absolute Gasteiger partial charge is 0.339 e. The van der Waals surface area contributed by atoms with Gasteiger partial charge >= 0.3 is 13.6 Å². The minimum atomic E-state index is -4.39. The van der Waals surface area contributed by atoms with Crippen LogP contribution in [0, 0.1) is 0 Å². The van der Waals surface area contributed by atoms with Crippen LogP contribution in [-0.4, -0.2) is 61.6 Å². The molecule has 0 spiro atoms. The lowest BCUT2D eigenvalue weighted by atomic mass is 10.5. The Bertz CT molecular complexity index is 236. The SMILES string of the molecule is O=C(O)CN(CC(O)O)CP(=O)(O)O. The molecule has 0 atom stereocenters. The summed E-state index contributed by atoms with van der Waals surface area (Å²) < 4.78 is 10.5. The second-order valence-corrected chi connectivity index (χ2v) is 4.30. The van der Waals surface area contributed by atoms with Gasteiger partial charge in [-0.05, 0) is 0 Å². The number of aliphatic hydroxyl groups is 2. The van der Waals surface area contributed by atoms with Gasteiger partial charge in [0.15, 0.2) is 6.29 Å². The van der Waals surface area contributed by atoms with Crippen LogP contribution in [0.1, 0.15) is 0 Å². The molecular formula is C5H12NO7P. The standard InChI is InChI=1S/C5H12NO7P/c7-4(8)1-6(2-5(9)10)3-14(11,12)13/h4,7-8H,1-3H2,(H,9,10)(H2,11,12,13). The summed E-state index contributed by atoms with van der Waals surface area (Å²) in [7, 11) is -4.39. The number of carbonyl (C=O) groups is 1. The summed E-state index contributed by atoms with van der Waals surface area (Å²) in [6.45, 7) is -1.19. The fraction of sp³-hybridized carbons (Fsp3) is 0.800. The van der Waals surface area contributed by atoms with Crippen LogP contribution in [0.4, 0.5) is 0 Å².